The van der Waals surface area contributed by atoms with Gasteiger partial charge in [-0.1, -0.05) is 0 Å². The van der Waals surface area contributed by atoms with E-state index in [-0.39, 0.29) is 24.9 Å². The number of amides is 1. The summed E-state index contributed by atoms with van der Waals surface area (Å²) in [4.78, 5) is 21.7. The lowest BCUT2D eigenvalue weighted by atomic mass is 10.2. The van der Waals surface area contributed by atoms with Crippen LogP contribution in [0.3, 0.4) is 0 Å². The number of carboxylic acid groups (broad SMARTS) is 1. The number of aliphatic hydroxyl groups excluding tert-OH is 1. The van der Waals surface area contributed by atoms with E-state index >= 15 is 0 Å². The molecule has 86 valence electrons. The molecule has 0 spiro atoms. The van der Waals surface area contributed by atoms with Gasteiger partial charge >= 0.3 is 5.97 Å². The van der Waals surface area contributed by atoms with Crippen LogP contribution in [0.15, 0.2) is 0 Å². The molecule has 1 saturated heterocycles. The normalized spacial score (nSPS) is 22.3. The van der Waals surface area contributed by atoms with E-state index in [2.05, 4.69) is 10.6 Å². The molecule has 6 nitrogen and oxygen atoms in total. The average Bonchev–Trinajstić information content (AvgIpc) is 2.70. The highest BCUT2D eigenvalue weighted by atomic mass is 16.4. The van der Waals surface area contributed by atoms with Crippen LogP contribution in [0.5, 0.6) is 0 Å². The lowest BCUT2D eigenvalue weighted by Crippen LogP contribution is -2.41. The summed E-state index contributed by atoms with van der Waals surface area (Å²) in [7, 11) is 0. The molecule has 0 aliphatic carbocycles. The van der Waals surface area contributed by atoms with E-state index in [1.807, 2.05) is 0 Å². The van der Waals surface area contributed by atoms with Gasteiger partial charge in [0, 0.05) is 13.0 Å². The lowest BCUT2D eigenvalue weighted by Gasteiger charge is -2.11. The van der Waals surface area contributed by atoms with Crippen molar-refractivity contribution in [3.8, 4) is 0 Å². The van der Waals surface area contributed by atoms with E-state index in [1.165, 1.54) is 0 Å². The number of carboxylic acids is 1. The number of aliphatic hydroxyl groups is 1. The van der Waals surface area contributed by atoms with Crippen LogP contribution in [-0.4, -0.2) is 47.3 Å². The van der Waals surface area contributed by atoms with Crippen LogP contribution in [0.1, 0.15) is 19.3 Å². The summed E-state index contributed by atoms with van der Waals surface area (Å²) in [5.41, 5.74) is 0. The van der Waals surface area contributed by atoms with Gasteiger partial charge < -0.3 is 20.8 Å². The van der Waals surface area contributed by atoms with Gasteiger partial charge in [-0.2, -0.15) is 0 Å². The standard InChI is InChI=1S/C9H16N2O4/c12-7(9(14)15)3-5-11-8(13)6-2-1-4-10-6/h6-7,10,12H,1-5H2,(H,11,13)(H,14,15). The zero-order chi connectivity index (χ0) is 11.3. The number of hydrogen-bond acceptors (Lipinski definition) is 4. The largest absolute Gasteiger partial charge is 0.479 e. The van der Waals surface area contributed by atoms with Gasteiger partial charge in [-0.05, 0) is 19.4 Å². The minimum atomic E-state index is -1.40. The monoisotopic (exact) mass is 216 g/mol. The van der Waals surface area contributed by atoms with Gasteiger partial charge in [0.2, 0.25) is 5.91 Å². The molecular formula is C9H16N2O4. The van der Waals surface area contributed by atoms with Crippen molar-refractivity contribution in [2.45, 2.75) is 31.4 Å². The predicted molar refractivity (Wildman–Crippen MR) is 52.3 cm³/mol. The fourth-order valence-electron chi connectivity index (χ4n) is 1.49. The topological polar surface area (TPSA) is 98.7 Å². The number of carbonyl (C=O) groups excluding carboxylic acids is 1. The zero-order valence-electron chi connectivity index (χ0n) is 8.40. The Hall–Kier alpha value is -1.14. The van der Waals surface area contributed by atoms with Crippen molar-refractivity contribution in [3.63, 3.8) is 0 Å². The molecule has 15 heavy (non-hydrogen) atoms. The van der Waals surface area contributed by atoms with Crippen LogP contribution in [0.2, 0.25) is 0 Å². The first-order valence-electron chi connectivity index (χ1n) is 5.03. The highest BCUT2D eigenvalue weighted by Gasteiger charge is 2.21. The SMILES string of the molecule is O=C(O)C(O)CCNC(=O)C1CCCN1. The quantitative estimate of drug-likeness (QED) is 0.457. The summed E-state index contributed by atoms with van der Waals surface area (Å²) in [5.74, 6) is -1.38. The highest BCUT2D eigenvalue weighted by molar-refractivity contribution is 5.82. The van der Waals surface area contributed by atoms with Gasteiger partial charge in [0.15, 0.2) is 6.10 Å². The number of rotatable bonds is 5. The highest BCUT2D eigenvalue weighted by Crippen LogP contribution is 2.04. The number of aliphatic carboxylic acids is 1. The van der Waals surface area contributed by atoms with E-state index in [1.54, 1.807) is 0 Å². The van der Waals surface area contributed by atoms with E-state index in [0.717, 1.165) is 19.4 Å². The van der Waals surface area contributed by atoms with Crippen LogP contribution in [0.25, 0.3) is 0 Å². The average molecular weight is 216 g/mol. The van der Waals surface area contributed by atoms with Crippen LogP contribution >= 0.6 is 0 Å². The van der Waals surface area contributed by atoms with Gasteiger partial charge in [-0.15, -0.1) is 0 Å². The summed E-state index contributed by atoms with van der Waals surface area (Å²) in [6.07, 6.45) is 0.429. The molecular weight excluding hydrogens is 200 g/mol. The molecule has 1 heterocycles. The Bertz CT molecular complexity index is 238. The molecule has 4 N–H and O–H groups in total. The van der Waals surface area contributed by atoms with E-state index in [4.69, 9.17) is 10.2 Å². The van der Waals surface area contributed by atoms with Crippen molar-refractivity contribution in [1.82, 2.24) is 10.6 Å². The summed E-state index contributed by atoms with van der Waals surface area (Å²) in [5, 5.41) is 22.9. The molecule has 1 aliphatic rings. The van der Waals surface area contributed by atoms with Crippen molar-refractivity contribution < 1.29 is 19.8 Å². The minimum Gasteiger partial charge on any atom is -0.479 e. The van der Waals surface area contributed by atoms with Crippen molar-refractivity contribution in [2.24, 2.45) is 0 Å². The molecule has 2 unspecified atom stereocenters. The van der Waals surface area contributed by atoms with Gasteiger partial charge in [-0.25, -0.2) is 4.79 Å². The fraction of sp³-hybridized carbons (Fsp3) is 0.778. The lowest BCUT2D eigenvalue weighted by molar-refractivity contribution is -0.147. The molecule has 0 aromatic rings. The first-order valence-corrected chi connectivity index (χ1v) is 5.03. The van der Waals surface area contributed by atoms with Crippen LogP contribution in [0.4, 0.5) is 0 Å². The van der Waals surface area contributed by atoms with Crippen LogP contribution < -0.4 is 10.6 Å². The molecule has 0 bridgehead atoms. The maximum absolute atomic E-state index is 11.4. The Morgan fingerprint density at radius 1 is 1.53 bits per heavy atom. The van der Waals surface area contributed by atoms with Gasteiger partial charge in [0.25, 0.3) is 0 Å². The molecule has 1 rings (SSSR count). The maximum atomic E-state index is 11.4. The number of nitrogens with one attached hydrogen (secondary N) is 2. The smallest absolute Gasteiger partial charge is 0.332 e. The third-order valence-electron chi connectivity index (χ3n) is 2.38. The second-order valence-corrected chi connectivity index (χ2v) is 3.58. The van der Waals surface area contributed by atoms with Gasteiger partial charge in [0.1, 0.15) is 0 Å². The Morgan fingerprint density at radius 2 is 2.27 bits per heavy atom. The second kappa shape index (κ2) is 5.67. The number of carbonyl (C=O) groups is 2. The molecule has 2 atom stereocenters. The molecule has 0 aromatic carbocycles. The van der Waals surface area contributed by atoms with Crippen molar-refractivity contribution >= 4 is 11.9 Å². The predicted octanol–water partition coefficient (Wildman–Crippen LogP) is -1.31. The fourth-order valence-corrected chi connectivity index (χ4v) is 1.49. The summed E-state index contributed by atoms with van der Waals surface area (Å²) in [6, 6.07) is -0.160. The third kappa shape index (κ3) is 3.85. The van der Waals surface area contributed by atoms with Crippen LogP contribution in [-0.2, 0) is 9.59 Å². The van der Waals surface area contributed by atoms with E-state index in [0.29, 0.717) is 0 Å². The van der Waals surface area contributed by atoms with E-state index < -0.39 is 12.1 Å². The first kappa shape index (κ1) is 11.9. The summed E-state index contributed by atoms with van der Waals surface area (Å²) in [6.45, 7) is 1.03. The summed E-state index contributed by atoms with van der Waals surface area (Å²) >= 11 is 0. The number of hydrogen-bond donors (Lipinski definition) is 4. The molecule has 0 aromatic heterocycles. The van der Waals surface area contributed by atoms with Crippen molar-refractivity contribution in [1.29, 1.82) is 0 Å². The Kier molecular flexibility index (Phi) is 4.51. The zero-order valence-corrected chi connectivity index (χ0v) is 8.40. The summed E-state index contributed by atoms with van der Waals surface area (Å²) < 4.78 is 0. The van der Waals surface area contributed by atoms with Gasteiger partial charge in [0.05, 0.1) is 6.04 Å². The first-order chi connectivity index (χ1) is 7.11. The molecule has 6 heteroatoms. The maximum Gasteiger partial charge on any atom is 0.332 e. The second-order valence-electron chi connectivity index (χ2n) is 3.58. The van der Waals surface area contributed by atoms with Crippen LogP contribution in [0, 0.1) is 0 Å². The molecule has 1 aliphatic heterocycles. The molecule has 1 fully saturated rings. The Balaban J connectivity index is 2.14. The molecule has 0 saturated carbocycles. The molecule has 0 radical (unpaired) electrons. The van der Waals surface area contributed by atoms with Crippen molar-refractivity contribution in [3.05, 3.63) is 0 Å². The minimum absolute atomic E-state index is 0.0355. The third-order valence-corrected chi connectivity index (χ3v) is 2.38. The van der Waals surface area contributed by atoms with E-state index in [9.17, 15) is 9.59 Å². The van der Waals surface area contributed by atoms with Crippen molar-refractivity contribution in [2.75, 3.05) is 13.1 Å². The Morgan fingerprint density at radius 3 is 2.80 bits per heavy atom. The van der Waals surface area contributed by atoms with Gasteiger partial charge in [-0.3, -0.25) is 4.79 Å². The molecule has 1 amide bonds. The Labute approximate surface area is 87.7 Å².